The number of nitrogens with zero attached hydrogens (tertiary/aromatic N) is 1. The molecule has 0 saturated carbocycles. The summed E-state index contributed by atoms with van der Waals surface area (Å²) in [6.45, 7) is 7.31. The number of carbonyl (C=O) groups excluding carboxylic acids is 1. The first-order valence-corrected chi connectivity index (χ1v) is 5.54. The number of nitrogens with two attached hydrogens (primary N) is 1. The number of aromatic nitrogens is 1. The van der Waals surface area contributed by atoms with Crippen molar-refractivity contribution in [2.75, 3.05) is 7.11 Å². The molecule has 4 heteroatoms. The maximum Gasteiger partial charge on any atom is 0.192 e. The topological polar surface area (TPSA) is 65.2 Å². The summed E-state index contributed by atoms with van der Waals surface area (Å²) in [6, 6.07) is 3.45. The molecule has 17 heavy (non-hydrogen) atoms. The standard InChI is InChI=1S/C13H20N2O2/c1-12(2,13(3,4)14)11(16)10-9(17-5)7-6-8-15-10/h6-8H,14H2,1-5H3. The van der Waals surface area contributed by atoms with Crippen LogP contribution in [0.5, 0.6) is 5.75 Å². The molecule has 0 saturated heterocycles. The molecule has 94 valence electrons. The molecule has 1 rings (SSSR count). The first-order chi connectivity index (χ1) is 7.71. The second kappa shape index (κ2) is 4.45. The maximum atomic E-state index is 12.5. The van der Waals surface area contributed by atoms with Crippen molar-refractivity contribution >= 4 is 5.78 Å². The van der Waals surface area contributed by atoms with E-state index in [9.17, 15) is 4.79 Å². The van der Waals surface area contributed by atoms with E-state index in [0.29, 0.717) is 11.4 Å². The Bertz CT molecular complexity index is 420. The highest BCUT2D eigenvalue weighted by Gasteiger charge is 2.42. The Morgan fingerprint density at radius 3 is 2.41 bits per heavy atom. The Hall–Kier alpha value is -1.42. The van der Waals surface area contributed by atoms with Crippen molar-refractivity contribution in [3.8, 4) is 5.75 Å². The second-order valence-electron chi connectivity index (χ2n) is 5.23. The molecule has 0 bridgehead atoms. The lowest BCUT2D eigenvalue weighted by atomic mass is 9.71. The van der Waals surface area contributed by atoms with Crippen LogP contribution in [-0.2, 0) is 0 Å². The lowest BCUT2D eigenvalue weighted by molar-refractivity contribution is 0.0725. The van der Waals surface area contributed by atoms with Gasteiger partial charge in [-0.25, -0.2) is 4.98 Å². The average molecular weight is 236 g/mol. The number of pyridine rings is 1. The van der Waals surface area contributed by atoms with Crippen LogP contribution in [0, 0.1) is 5.41 Å². The molecule has 0 fully saturated rings. The first kappa shape index (κ1) is 13.6. The molecular formula is C13H20N2O2. The molecule has 0 amide bonds. The zero-order chi connectivity index (χ0) is 13.3. The van der Waals surface area contributed by atoms with Gasteiger partial charge in [-0.05, 0) is 26.0 Å². The fourth-order valence-corrected chi connectivity index (χ4v) is 1.31. The summed E-state index contributed by atoms with van der Waals surface area (Å²) in [4.78, 5) is 16.6. The summed E-state index contributed by atoms with van der Waals surface area (Å²) >= 11 is 0. The van der Waals surface area contributed by atoms with E-state index in [1.807, 2.05) is 27.7 Å². The van der Waals surface area contributed by atoms with Gasteiger partial charge in [-0.3, -0.25) is 4.79 Å². The van der Waals surface area contributed by atoms with Gasteiger partial charge in [0.05, 0.1) is 7.11 Å². The third-order valence-electron chi connectivity index (χ3n) is 3.38. The molecular weight excluding hydrogens is 216 g/mol. The smallest absolute Gasteiger partial charge is 0.192 e. The highest BCUT2D eigenvalue weighted by atomic mass is 16.5. The molecule has 0 aliphatic rings. The van der Waals surface area contributed by atoms with Crippen LogP contribution in [0.15, 0.2) is 18.3 Å². The fraction of sp³-hybridized carbons (Fsp3) is 0.538. The van der Waals surface area contributed by atoms with Gasteiger partial charge < -0.3 is 10.5 Å². The van der Waals surface area contributed by atoms with Crippen molar-refractivity contribution in [3.63, 3.8) is 0 Å². The Balaban J connectivity index is 3.22. The zero-order valence-corrected chi connectivity index (χ0v) is 11.1. The van der Waals surface area contributed by atoms with Crippen molar-refractivity contribution in [3.05, 3.63) is 24.0 Å². The van der Waals surface area contributed by atoms with Crippen LogP contribution in [0.1, 0.15) is 38.2 Å². The first-order valence-electron chi connectivity index (χ1n) is 5.54. The van der Waals surface area contributed by atoms with E-state index in [-0.39, 0.29) is 5.78 Å². The molecule has 2 N–H and O–H groups in total. The van der Waals surface area contributed by atoms with Gasteiger partial charge in [0, 0.05) is 17.2 Å². The maximum absolute atomic E-state index is 12.5. The summed E-state index contributed by atoms with van der Waals surface area (Å²) in [5.74, 6) is 0.372. The van der Waals surface area contributed by atoms with Crippen molar-refractivity contribution in [2.45, 2.75) is 33.2 Å². The Kier molecular flexibility index (Phi) is 3.57. The van der Waals surface area contributed by atoms with Gasteiger partial charge >= 0.3 is 0 Å². The number of rotatable bonds is 4. The van der Waals surface area contributed by atoms with Crippen LogP contribution in [0.3, 0.4) is 0 Å². The van der Waals surface area contributed by atoms with Crippen LogP contribution < -0.4 is 10.5 Å². The lowest BCUT2D eigenvalue weighted by Gasteiger charge is -2.36. The predicted molar refractivity (Wildman–Crippen MR) is 67.2 cm³/mol. The van der Waals surface area contributed by atoms with Gasteiger partial charge in [-0.2, -0.15) is 0 Å². The van der Waals surface area contributed by atoms with E-state index < -0.39 is 11.0 Å². The molecule has 0 aliphatic carbocycles. The molecule has 1 aromatic rings. The normalized spacial score (nSPS) is 12.4. The van der Waals surface area contributed by atoms with Crippen LogP contribution in [-0.4, -0.2) is 23.4 Å². The van der Waals surface area contributed by atoms with E-state index in [4.69, 9.17) is 10.5 Å². The summed E-state index contributed by atoms with van der Waals surface area (Å²) in [5.41, 5.74) is 5.04. The average Bonchev–Trinajstić information content (AvgIpc) is 2.26. The second-order valence-corrected chi connectivity index (χ2v) is 5.23. The molecule has 0 aliphatic heterocycles. The quantitative estimate of drug-likeness (QED) is 0.812. The van der Waals surface area contributed by atoms with Gasteiger partial charge in [0.1, 0.15) is 11.4 Å². The van der Waals surface area contributed by atoms with Crippen molar-refractivity contribution in [2.24, 2.45) is 11.1 Å². The predicted octanol–water partition coefficient (Wildman–Crippen LogP) is 2.04. The number of hydrogen-bond donors (Lipinski definition) is 1. The number of carbonyl (C=O) groups is 1. The minimum absolute atomic E-state index is 0.109. The monoisotopic (exact) mass is 236 g/mol. The molecule has 0 atom stereocenters. The molecule has 1 heterocycles. The summed E-state index contributed by atoms with van der Waals surface area (Å²) in [7, 11) is 1.52. The molecule has 1 aromatic heterocycles. The molecule has 0 aromatic carbocycles. The van der Waals surface area contributed by atoms with Crippen molar-refractivity contribution in [1.29, 1.82) is 0 Å². The minimum Gasteiger partial charge on any atom is -0.494 e. The summed E-state index contributed by atoms with van der Waals surface area (Å²) < 4.78 is 5.15. The van der Waals surface area contributed by atoms with E-state index in [1.54, 1.807) is 18.3 Å². The molecule has 0 radical (unpaired) electrons. The minimum atomic E-state index is -0.714. The van der Waals surface area contributed by atoms with Gasteiger partial charge in [0.2, 0.25) is 0 Å². The van der Waals surface area contributed by atoms with Crippen LogP contribution in [0.4, 0.5) is 0 Å². The third-order valence-corrected chi connectivity index (χ3v) is 3.38. The highest BCUT2D eigenvalue weighted by Crippen LogP contribution is 2.34. The van der Waals surface area contributed by atoms with Gasteiger partial charge in [0.15, 0.2) is 5.78 Å². The van der Waals surface area contributed by atoms with Crippen LogP contribution >= 0.6 is 0 Å². The number of ketones is 1. The SMILES string of the molecule is COc1cccnc1C(=O)C(C)(C)C(C)(C)N. The van der Waals surface area contributed by atoms with E-state index in [1.165, 1.54) is 7.11 Å². The third kappa shape index (κ3) is 2.47. The largest absolute Gasteiger partial charge is 0.494 e. The Morgan fingerprint density at radius 1 is 1.35 bits per heavy atom. The van der Waals surface area contributed by atoms with Gasteiger partial charge in [-0.1, -0.05) is 13.8 Å². The fourth-order valence-electron chi connectivity index (χ4n) is 1.31. The van der Waals surface area contributed by atoms with E-state index in [2.05, 4.69) is 4.98 Å². The number of hydrogen-bond acceptors (Lipinski definition) is 4. The molecule has 0 unspecified atom stereocenters. The highest BCUT2D eigenvalue weighted by molar-refractivity contribution is 6.01. The van der Waals surface area contributed by atoms with E-state index in [0.717, 1.165) is 0 Å². The van der Waals surface area contributed by atoms with E-state index >= 15 is 0 Å². The summed E-state index contributed by atoms with van der Waals surface area (Å²) in [6.07, 6.45) is 1.58. The summed E-state index contributed by atoms with van der Waals surface area (Å²) in [5, 5.41) is 0. The zero-order valence-electron chi connectivity index (χ0n) is 11.1. The van der Waals surface area contributed by atoms with Crippen molar-refractivity contribution in [1.82, 2.24) is 4.98 Å². The van der Waals surface area contributed by atoms with Crippen LogP contribution in [0.2, 0.25) is 0 Å². The van der Waals surface area contributed by atoms with Crippen LogP contribution in [0.25, 0.3) is 0 Å². The Morgan fingerprint density at radius 2 is 1.94 bits per heavy atom. The Labute approximate surface area is 102 Å². The molecule has 4 nitrogen and oxygen atoms in total. The number of Topliss-reactive ketones (excluding diaryl/α,β-unsaturated/α-hetero) is 1. The molecule has 0 spiro atoms. The van der Waals surface area contributed by atoms with Gasteiger partial charge in [-0.15, -0.1) is 0 Å². The number of methoxy groups -OCH3 is 1. The van der Waals surface area contributed by atoms with Crippen molar-refractivity contribution < 1.29 is 9.53 Å². The number of ether oxygens (including phenoxy) is 1. The van der Waals surface area contributed by atoms with Gasteiger partial charge in [0.25, 0.3) is 0 Å². The lowest BCUT2D eigenvalue weighted by Crippen LogP contribution is -2.52.